The molecule has 0 saturated carbocycles. The maximum Gasteiger partial charge on any atom is 0.336 e. The summed E-state index contributed by atoms with van der Waals surface area (Å²) in [6.45, 7) is 5.87. The van der Waals surface area contributed by atoms with Gasteiger partial charge in [-0.25, -0.2) is 14.5 Å². The molecule has 2 heterocycles. The van der Waals surface area contributed by atoms with E-state index < -0.39 is 5.97 Å². The van der Waals surface area contributed by atoms with Crippen LogP contribution in [0.2, 0.25) is 0 Å². The number of pyridine rings is 1. The third-order valence-corrected chi connectivity index (χ3v) is 3.80. The van der Waals surface area contributed by atoms with E-state index in [2.05, 4.69) is 10.1 Å². The van der Waals surface area contributed by atoms with Crippen LogP contribution in [0.5, 0.6) is 0 Å². The molecule has 0 amide bonds. The summed E-state index contributed by atoms with van der Waals surface area (Å²) >= 11 is 0. The lowest BCUT2D eigenvalue weighted by Gasteiger charge is -2.08. The van der Waals surface area contributed by atoms with Crippen molar-refractivity contribution < 1.29 is 9.90 Å². The normalized spacial score (nSPS) is 11.0. The van der Waals surface area contributed by atoms with Crippen molar-refractivity contribution in [2.24, 2.45) is 0 Å². The third-order valence-electron chi connectivity index (χ3n) is 3.80. The van der Waals surface area contributed by atoms with Gasteiger partial charge in [-0.3, -0.25) is 0 Å². The zero-order valence-corrected chi connectivity index (χ0v) is 12.1. The average molecular weight is 281 g/mol. The van der Waals surface area contributed by atoms with Crippen LogP contribution in [0.1, 0.15) is 27.3 Å². The first kappa shape index (κ1) is 13.3. The monoisotopic (exact) mass is 281 g/mol. The molecule has 1 N–H and O–H groups in total. The Hall–Kier alpha value is -2.69. The fourth-order valence-corrected chi connectivity index (χ4v) is 2.39. The second-order valence-electron chi connectivity index (χ2n) is 5.06. The van der Waals surface area contributed by atoms with Gasteiger partial charge in [0.15, 0.2) is 5.82 Å². The lowest BCUT2D eigenvalue weighted by atomic mass is 10.1. The van der Waals surface area contributed by atoms with Crippen LogP contribution in [-0.2, 0) is 0 Å². The third kappa shape index (κ3) is 2.07. The van der Waals surface area contributed by atoms with Crippen molar-refractivity contribution in [2.45, 2.75) is 20.8 Å². The molecule has 0 aliphatic heterocycles. The van der Waals surface area contributed by atoms with E-state index in [9.17, 15) is 9.90 Å². The molecule has 3 rings (SSSR count). The molecule has 0 bridgehead atoms. The van der Waals surface area contributed by atoms with Crippen molar-refractivity contribution in [2.75, 3.05) is 0 Å². The average Bonchev–Trinajstić information content (AvgIpc) is 2.73. The van der Waals surface area contributed by atoms with Gasteiger partial charge in [-0.15, -0.1) is 0 Å². The van der Waals surface area contributed by atoms with Crippen molar-refractivity contribution in [3.8, 4) is 5.82 Å². The number of rotatable bonds is 2. The molecule has 21 heavy (non-hydrogen) atoms. The molecule has 0 aliphatic rings. The number of carboxylic acid groups (broad SMARTS) is 1. The maximum atomic E-state index is 11.5. The van der Waals surface area contributed by atoms with Crippen LogP contribution in [0, 0.1) is 20.8 Å². The number of aryl methyl sites for hydroxylation is 1. The molecular weight excluding hydrogens is 266 g/mol. The molecule has 0 radical (unpaired) electrons. The zero-order chi connectivity index (χ0) is 15.1. The fourth-order valence-electron chi connectivity index (χ4n) is 2.39. The maximum absolute atomic E-state index is 11.5. The molecule has 0 atom stereocenters. The highest BCUT2D eigenvalue weighted by atomic mass is 16.4. The number of hydrogen-bond acceptors (Lipinski definition) is 3. The summed E-state index contributed by atoms with van der Waals surface area (Å²) in [7, 11) is 0. The van der Waals surface area contributed by atoms with Gasteiger partial charge in [-0.1, -0.05) is 18.2 Å². The lowest BCUT2D eigenvalue weighted by Crippen LogP contribution is -2.06. The Morgan fingerprint density at radius 1 is 1.19 bits per heavy atom. The van der Waals surface area contributed by atoms with Gasteiger partial charge < -0.3 is 5.11 Å². The van der Waals surface area contributed by atoms with E-state index in [4.69, 9.17) is 0 Å². The Labute approximate surface area is 121 Å². The second-order valence-corrected chi connectivity index (χ2v) is 5.06. The highest BCUT2D eigenvalue weighted by Crippen LogP contribution is 2.22. The quantitative estimate of drug-likeness (QED) is 0.784. The first-order chi connectivity index (χ1) is 9.99. The van der Waals surface area contributed by atoms with Crippen molar-refractivity contribution in [3.05, 3.63) is 52.8 Å². The van der Waals surface area contributed by atoms with Gasteiger partial charge in [0.2, 0.25) is 0 Å². The van der Waals surface area contributed by atoms with Gasteiger partial charge in [-0.05, 0) is 38.5 Å². The second kappa shape index (κ2) is 4.70. The Bertz CT molecular complexity index is 865. The Kier molecular flexibility index (Phi) is 2.97. The molecule has 0 unspecified atom stereocenters. The highest BCUT2D eigenvalue weighted by Gasteiger charge is 2.15. The van der Waals surface area contributed by atoms with E-state index in [0.29, 0.717) is 16.7 Å². The number of fused-ring (bicyclic) bond motifs is 1. The minimum atomic E-state index is -0.965. The van der Waals surface area contributed by atoms with Crippen LogP contribution < -0.4 is 0 Å². The van der Waals surface area contributed by atoms with Crippen molar-refractivity contribution in [1.82, 2.24) is 14.8 Å². The zero-order valence-electron chi connectivity index (χ0n) is 12.1. The lowest BCUT2D eigenvalue weighted by molar-refractivity contribution is 0.0699. The Morgan fingerprint density at radius 3 is 2.52 bits per heavy atom. The minimum Gasteiger partial charge on any atom is -0.478 e. The predicted octanol–water partition coefficient (Wildman–Crippen LogP) is 3.04. The molecule has 0 spiro atoms. The molecule has 106 valence electrons. The van der Waals surface area contributed by atoms with E-state index >= 15 is 0 Å². The summed E-state index contributed by atoms with van der Waals surface area (Å²) in [6, 6.07) is 8.80. The number of aromatic nitrogens is 3. The summed E-state index contributed by atoms with van der Waals surface area (Å²) in [5, 5.41) is 14.5. The van der Waals surface area contributed by atoms with Crippen LogP contribution in [0.4, 0.5) is 0 Å². The molecular formula is C16H15N3O2. The van der Waals surface area contributed by atoms with Gasteiger partial charge in [0, 0.05) is 11.1 Å². The topological polar surface area (TPSA) is 68.0 Å². The first-order valence-electron chi connectivity index (χ1n) is 6.65. The number of carboxylic acids is 1. The van der Waals surface area contributed by atoms with Gasteiger partial charge in [0.25, 0.3) is 0 Å². The number of para-hydroxylation sites is 1. The molecule has 1 aromatic carbocycles. The summed E-state index contributed by atoms with van der Waals surface area (Å²) in [4.78, 5) is 16.0. The van der Waals surface area contributed by atoms with E-state index in [0.717, 1.165) is 17.0 Å². The van der Waals surface area contributed by atoms with E-state index in [1.54, 1.807) is 16.8 Å². The van der Waals surface area contributed by atoms with Crippen LogP contribution in [0.25, 0.3) is 16.7 Å². The highest BCUT2D eigenvalue weighted by molar-refractivity contribution is 6.02. The van der Waals surface area contributed by atoms with Crippen LogP contribution >= 0.6 is 0 Å². The minimum absolute atomic E-state index is 0.237. The van der Waals surface area contributed by atoms with E-state index in [-0.39, 0.29) is 5.56 Å². The van der Waals surface area contributed by atoms with Crippen molar-refractivity contribution >= 4 is 16.9 Å². The molecule has 0 saturated heterocycles. The summed E-state index contributed by atoms with van der Waals surface area (Å²) in [5.74, 6) is -0.437. The number of benzene rings is 1. The van der Waals surface area contributed by atoms with Crippen LogP contribution in [0.3, 0.4) is 0 Å². The summed E-state index contributed by atoms with van der Waals surface area (Å²) < 4.78 is 1.70. The first-order valence-corrected chi connectivity index (χ1v) is 6.65. The van der Waals surface area contributed by atoms with Gasteiger partial charge in [0.1, 0.15) is 0 Å². The fraction of sp³-hybridized carbons (Fsp3) is 0.188. The van der Waals surface area contributed by atoms with Crippen molar-refractivity contribution in [1.29, 1.82) is 0 Å². The van der Waals surface area contributed by atoms with Crippen molar-refractivity contribution in [3.63, 3.8) is 0 Å². The summed E-state index contributed by atoms with van der Waals surface area (Å²) in [6.07, 6.45) is 0. The van der Waals surface area contributed by atoms with E-state index in [1.807, 2.05) is 39.0 Å². The Balaban J connectivity index is 2.33. The molecule has 0 fully saturated rings. The van der Waals surface area contributed by atoms with Crippen LogP contribution in [-0.4, -0.2) is 25.8 Å². The SMILES string of the molecule is Cc1nn(-c2cc(C(=O)O)c3ccccc3n2)c(C)c1C. The number of carbonyl (C=O) groups is 1. The number of nitrogens with zero attached hydrogens (tertiary/aromatic N) is 3. The molecule has 5 heteroatoms. The molecule has 5 nitrogen and oxygen atoms in total. The largest absolute Gasteiger partial charge is 0.478 e. The van der Waals surface area contributed by atoms with Gasteiger partial charge in [-0.2, -0.15) is 5.10 Å². The Morgan fingerprint density at radius 2 is 1.90 bits per heavy atom. The smallest absolute Gasteiger partial charge is 0.336 e. The van der Waals surface area contributed by atoms with Gasteiger partial charge in [0.05, 0.1) is 16.8 Å². The molecule has 0 aliphatic carbocycles. The molecule has 2 aromatic heterocycles. The number of hydrogen-bond donors (Lipinski definition) is 1. The predicted molar refractivity (Wildman–Crippen MR) is 80.0 cm³/mol. The van der Waals surface area contributed by atoms with Crippen LogP contribution in [0.15, 0.2) is 30.3 Å². The number of aromatic carboxylic acids is 1. The standard InChI is InChI=1S/C16H15N3O2/c1-9-10(2)18-19(11(9)3)15-8-13(16(20)21)12-6-4-5-7-14(12)17-15/h4-8H,1-3H3,(H,20,21). The van der Waals surface area contributed by atoms with E-state index in [1.165, 1.54) is 0 Å². The summed E-state index contributed by atoms with van der Waals surface area (Å²) in [5.41, 5.74) is 3.85. The molecule has 3 aromatic rings. The van der Waals surface area contributed by atoms with Gasteiger partial charge >= 0.3 is 5.97 Å².